The summed E-state index contributed by atoms with van der Waals surface area (Å²) >= 11 is 0. The third kappa shape index (κ3) is 1.27. The fourth-order valence-corrected chi connectivity index (χ4v) is 6.11. The highest BCUT2D eigenvalue weighted by atomic mass is 16.6. The van der Waals surface area contributed by atoms with Crippen molar-refractivity contribution >= 4 is 5.97 Å². The lowest BCUT2D eigenvalue weighted by atomic mass is 9.47. The number of hydrogen-bond donors (Lipinski definition) is 1. The average molecular weight is 312 g/mol. The molecule has 1 aromatic carbocycles. The molecule has 1 N–H and O–H groups in total. The van der Waals surface area contributed by atoms with Crippen molar-refractivity contribution in [2.75, 3.05) is 0 Å². The molecular weight excluding hydrogens is 292 g/mol. The number of ether oxygens (including phenoxy) is 1. The smallest absolute Gasteiger partial charge is 0.315 e. The Balaban J connectivity index is 1.92. The minimum Gasteiger partial charge on any atom is -0.461 e. The Hall–Kier alpha value is -1.68. The molecule has 2 saturated heterocycles. The van der Waals surface area contributed by atoms with Crippen molar-refractivity contribution in [1.82, 2.24) is 0 Å². The van der Waals surface area contributed by atoms with E-state index >= 15 is 0 Å². The Labute approximate surface area is 134 Å². The molecule has 4 nitrogen and oxygen atoms in total. The largest absolute Gasteiger partial charge is 0.461 e. The van der Waals surface area contributed by atoms with Gasteiger partial charge in [-0.25, -0.2) is 0 Å². The zero-order valence-corrected chi connectivity index (χ0v) is 13.4. The first-order valence-corrected chi connectivity index (χ1v) is 8.50. The van der Waals surface area contributed by atoms with Crippen LogP contribution in [0.25, 0.3) is 0 Å². The number of fused-ring (bicyclic) bond motifs is 2. The van der Waals surface area contributed by atoms with Gasteiger partial charge in [0.05, 0.1) is 0 Å². The van der Waals surface area contributed by atoms with Crippen LogP contribution in [0, 0.1) is 24.2 Å². The molecule has 4 heteroatoms. The number of aryl methyl sites for hydroxylation is 2. The summed E-state index contributed by atoms with van der Waals surface area (Å²) in [7, 11) is 0. The van der Waals surface area contributed by atoms with Gasteiger partial charge < -0.3 is 9.84 Å². The molecule has 2 aliphatic heterocycles. The highest BCUT2D eigenvalue weighted by Crippen LogP contribution is 2.68. The number of rotatable bonds is 0. The summed E-state index contributed by atoms with van der Waals surface area (Å²) in [6.45, 7) is 4.01. The van der Waals surface area contributed by atoms with Crippen LogP contribution < -0.4 is 5.43 Å². The predicted octanol–water partition coefficient (Wildman–Crippen LogP) is 1.61. The number of carbonyl (C=O) groups excluding carboxylic acids is 1. The van der Waals surface area contributed by atoms with E-state index < -0.39 is 11.0 Å². The monoisotopic (exact) mass is 312 g/mol. The van der Waals surface area contributed by atoms with Gasteiger partial charge in [0.15, 0.2) is 5.43 Å². The molecule has 0 radical (unpaired) electrons. The molecule has 23 heavy (non-hydrogen) atoms. The highest BCUT2D eigenvalue weighted by Gasteiger charge is 2.75. The normalized spacial score (nSPS) is 42.4. The maximum atomic E-state index is 12.8. The van der Waals surface area contributed by atoms with Gasteiger partial charge in [-0.05, 0) is 72.9 Å². The van der Waals surface area contributed by atoms with Crippen LogP contribution in [-0.4, -0.2) is 17.2 Å². The van der Waals surface area contributed by atoms with E-state index in [1.54, 1.807) is 12.1 Å². The minimum atomic E-state index is -1.16. The van der Waals surface area contributed by atoms with Gasteiger partial charge in [0, 0.05) is 5.92 Å². The molecule has 0 aromatic heterocycles. The molecule has 2 bridgehead atoms. The third-order valence-corrected chi connectivity index (χ3v) is 7.08. The molecule has 1 spiro atoms. The van der Waals surface area contributed by atoms with Gasteiger partial charge in [-0.15, -0.1) is 0 Å². The summed E-state index contributed by atoms with van der Waals surface area (Å²) in [6.07, 6.45) is 2.55. The summed E-state index contributed by atoms with van der Waals surface area (Å²) in [4.78, 5) is 24.9. The summed E-state index contributed by atoms with van der Waals surface area (Å²) in [5.74, 6) is -0.196. The van der Waals surface area contributed by atoms with Crippen LogP contribution in [0.2, 0.25) is 0 Å². The molecule has 0 unspecified atom stereocenters. The van der Waals surface area contributed by atoms with Crippen LogP contribution in [0.1, 0.15) is 42.0 Å². The summed E-state index contributed by atoms with van der Waals surface area (Å²) in [6, 6.07) is 3.33. The van der Waals surface area contributed by atoms with Crippen molar-refractivity contribution in [1.29, 1.82) is 0 Å². The zero-order valence-electron chi connectivity index (χ0n) is 13.4. The van der Waals surface area contributed by atoms with Gasteiger partial charge in [-0.1, -0.05) is 6.92 Å². The van der Waals surface area contributed by atoms with Crippen molar-refractivity contribution in [3.8, 4) is 0 Å². The van der Waals surface area contributed by atoms with Crippen molar-refractivity contribution < 1.29 is 14.6 Å². The van der Waals surface area contributed by atoms with E-state index in [0.717, 1.165) is 28.7 Å². The zero-order chi connectivity index (χ0) is 16.1. The maximum absolute atomic E-state index is 12.8. The molecule has 6 rings (SSSR count). The summed E-state index contributed by atoms with van der Waals surface area (Å²) in [5.41, 5.74) is 1.78. The lowest BCUT2D eigenvalue weighted by molar-refractivity contribution is -0.274. The van der Waals surface area contributed by atoms with E-state index in [4.69, 9.17) is 4.74 Å². The first kappa shape index (κ1) is 13.7. The first-order chi connectivity index (χ1) is 10.9. The number of esters is 1. The van der Waals surface area contributed by atoms with Gasteiger partial charge in [-0.3, -0.25) is 9.59 Å². The first-order valence-electron chi connectivity index (χ1n) is 8.50. The molecule has 5 aliphatic rings. The lowest BCUT2D eigenvalue weighted by Gasteiger charge is -2.62. The Morgan fingerprint density at radius 3 is 2.83 bits per heavy atom. The van der Waals surface area contributed by atoms with Gasteiger partial charge in [0.1, 0.15) is 17.1 Å². The van der Waals surface area contributed by atoms with Crippen LogP contribution in [-0.2, 0) is 28.0 Å². The second kappa shape index (κ2) is 3.86. The molecule has 1 saturated carbocycles. The molecule has 3 aliphatic carbocycles. The molecule has 1 aromatic rings. The second-order valence-electron chi connectivity index (χ2n) is 7.88. The quantitative estimate of drug-likeness (QED) is 0.739. The Morgan fingerprint density at radius 1 is 1.30 bits per heavy atom. The van der Waals surface area contributed by atoms with E-state index in [-0.39, 0.29) is 29.3 Å². The summed E-state index contributed by atoms with van der Waals surface area (Å²) < 4.78 is 5.72. The van der Waals surface area contributed by atoms with Crippen molar-refractivity contribution in [3.05, 3.63) is 44.6 Å². The Kier molecular flexibility index (Phi) is 2.31. The SMILES string of the molecule is Cc1cc(=O)cc2c3c1C[C@@H]1[C@@H]4C[C@H](C)[C@@](CC2)(C(=O)O4)[C@]31O. The number of aliphatic hydroxyl groups is 1. The molecule has 2 heterocycles. The van der Waals surface area contributed by atoms with Crippen LogP contribution in [0.3, 0.4) is 0 Å². The van der Waals surface area contributed by atoms with Crippen molar-refractivity contribution in [2.24, 2.45) is 17.3 Å². The summed E-state index contributed by atoms with van der Waals surface area (Å²) in [5, 5.41) is 11.9. The van der Waals surface area contributed by atoms with Gasteiger partial charge in [0.2, 0.25) is 0 Å². The van der Waals surface area contributed by atoms with E-state index in [1.165, 1.54) is 0 Å². The van der Waals surface area contributed by atoms with Crippen LogP contribution in [0.4, 0.5) is 0 Å². The highest BCUT2D eigenvalue weighted by molar-refractivity contribution is 5.83. The standard InChI is InChI=1S/C19H20O4/c1-9-5-12(20)7-11-3-4-18-10(2)6-15(23-17(18)21)14-8-13(9)16(11)19(14,18)22/h5,7,10,14-15,22H,3-4,6,8H2,1-2H3/t10-,14+,15-,18-,19+/m0/s1. The van der Waals surface area contributed by atoms with E-state index in [1.807, 2.05) is 6.92 Å². The lowest BCUT2D eigenvalue weighted by Crippen LogP contribution is -2.70. The Bertz CT molecular complexity index is 829. The van der Waals surface area contributed by atoms with Crippen LogP contribution in [0.15, 0.2) is 16.9 Å². The molecular formula is C19H20O4. The third-order valence-electron chi connectivity index (χ3n) is 7.08. The van der Waals surface area contributed by atoms with Crippen LogP contribution >= 0.6 is 0 Å². The fourth-order valence-electron chi connectivity index (χ4n) is 6.11. The van der Waals surface area contributed by atoms with Gasteiger partial charge >= 0.3 is 5.97 Å². The molecule has 5 atom stereocenters. The maximum Gasteiger partial charge on any atom is 0.315 e. The van der Waals surface area contributed by atoms with E-state index in [2.05, 4.69) is 6.92 Å². The van der Waals surface area contributed by atoms with Crippen LogP contribution in [0.5, 0.6) is 0 Å². The van der Waals surface area contributed by atoms with Gasteiger partial charge in [0.25, 0.3) is 0 Å². The number of carbonyl (C=O) groups is 1. The minimum absolute atomic E-state index is 0.0143. The van der Waals surface area contributed by atoms with E-state index in [9.17, 15) is 14.7 Å². The van der Waals surface area contributed by atoms with Crippen molar-refractivity contribution in [2.45, 2.75) is 51.2 Å². The molecule has 3 fully saturated rings. The van der Waals surface area contributed by atoms with Gasteiger partial charge in [-0.2, -0.15) is 0 Å². The Morgan fingerprint density at radius 2 is 2.09 bits per heavy atom. The van der Waals surface area contributed by atoms with E-state index in [0.29, 0.717) is 19.3 Å². The second-order valence-corrected chi connectivity index (χ2v) is 7.88. The topological polar surface area (TPSA) is 63.6 Å². The predicted molar refractivity (Wildman–Crippen MR) is 83.0 cm³/mol. The van der Waals surface area contributed by atoms with Crippen molar-refractivity contribution in [3.63, 3.8) is 0 Å². The average Bonchev–Trinajstić information content (AvgIpc) is 2.73. The number of hydrogen-bond acceptors (Lipinski definition) is 4. The molecule has 0 amide bonds. The molecule has 120 valence electrons. The fraction of sp³-hybridized carbons (Fsp3) is 0.579.